The zero-order valence-electron chi connectivity index (χ0n) is 16.3. The van der Waals surface area contributed by atoms with Crippen molar-refractivity contribution in [3.05, 3.63) is 59.2 Å². The molecule has 3 rings (SSSR count). The summed E-state index contributed by atoms with van der Waals surface area (Å²) in [6.07, 6.45) is 2.14. The summed E-state index contributed by atoms with van der Waals surface area (Å²) in [5, 5.41) is 20.4. The van der Waals surface area contributed by atoms with Gasteiger partial charge in [0.05, 0.1) is 17.1 Å². The van der Waals surface area contributed by atoms with E-state index >= 15 is 0 Å². The second kappa shape index (κ2) is 7.67. The molecule has 1 aromatic carbocycles. The van der Waals surface area contributed by atoms with Gasteiger partial charge in [0, 0.05) is 24.9 Å². The van der Waals surface area contributed by atoms with E-state index in [0.717, 1.165) is 17.0 Å². The van der Waals surface area contributed by atoms with E-state index < -0.39 is 5.97 Å². The summed E-state index contributed by atoms with van der Waals surface area (Å²) in [7, 11) is 1.89. The summed E-state index contributed by atoms with van der Waals surface area (Å²) in [6, 6.07) is 8.56. The zero-order chi connectivity index (χ0) is 20.4. The quantitative estimate of drug-likeness (QED) is 0.683. The first-order valence-electron chi connectivity index (χ1n) is 8.96. The molecule has 1 amide bonds. The molecule has 0 spiro atoms. The summed E-state index contributed by atoms with van der Waals surface area (Å²) in [5.41, 5.74) is 4.17. The number of hydrogen-bond donors (Lipinski definition) is 2. The van der Waals surface area contributed by atoms with E-state index in [2.05, 4.69) is 15.5 Å². The molecule has 0 saturated carbocycles. The SMILES string of the molecule is Cc1nn(C)c(C)c1CC(C)C(=O)Nc1ccccc1-n1ccc(C(=O)O)n1. The van der Waals surface area contributed by atoms with Crippen LogP contribution >= 0.6 is 0 Å². The van der Waals surface area contributed by atoms with Gasteiger partial charge in [-0.15, -0.1) is 0 Å². The van der Waals surface area contributed by atoms with E-state index in [-0.39, 0.29) is 17.5 Å². The number of para-hydroxylation sites is 2. The maximum atomic E-state index is 12.8. The van der Waals surface area contributed by atoms with Gasteiger partial charge < -0.3 is 10.4 Å². The van der Waals surface area contributed by atoms with Gasteiger partial charge in [-0.25, -0.2) is 9.48 Å². The van der Waals surface area contributed by atoms with Crippen LogP contribution in [0.5, 0.6) is 0 Å². The minimum Gasteiger partial charge on any atom is -0.476 e. The lowest BCUT2D eigenvalue weighted by atomic mass is 9.98. The van der Waals surface area contributed by atoms with Gasteiger partial charge >= 0.3 is 5.97 Å². The van der Waals surface area contributed by atoms with Crippen LogP contribution in [0.2, 0.25) is 0 Å². The van der Waals surface area contributed by atoms with Crippen LogP contribution in [0.4, 0.5) is 5.69 Å². The van der Waals surface area contributed by atoms with Crippen molar-refractivity contribution < 1.29 is 14.7 Å². The lowest BCUT2D eigenvalue weighted by Gasteiger charge is -2.15. The summed E-state index contributed by atoms with van der Waals surface area (Å²) in [6.45, 7) is 5.81. The Bertz CT molecular complexity index is 1030. The van der Waals surface area contributed by atoms with Gasteiger partial charge in [0.25, 0.3) is 0 Å². The monoisotopic (exact) mass is 381 g/mol. The Morgan fingerprint density at radius 3 is 2.50 bits per heavy atom. The second-order valence-electron chi connectivity index (χ2n) is 6.84. The number of nitrogens with zero attached hydrogens (tertiary/aromatic N) is 4. The standard InChI is InChI=1S/C20H23N5O3/c1-12(11-15-13(2)22-24(4)14(15)3)19(26)21-16-7-5-6-8-18(16)25-10-9-17(23-25)20(27)28/h5-10,12H,11H2,1-4H3,(H,21,26)(H,27,28). The number of carbonyl (C=O) groups is 2. The summed E-state index contributed by atoms with van der Waals surface area (Å²) < 4.78 is 3.27. The van der Waals surface area contributed by atoms with Crippen LogP contribution in [0.3, 0.4) is 0 Å². The molecular formula is C20H23N5O3. The van der Waals surface area contributed by atoms with Crippen LogP contribution in [0.25, 0.3) is 5.69 Å². The molecule has 1 atom stereocenters. The number of aryl methyl sites for hydroxylation is 2. The van der Waals surface area contributed by atoms with Crippen LogP contribution < -0.4 is 5.32 Å². The molecule has 0 radical (unpaired) electrons. The Morgan fingerprint density at radius 2 is 1.89 bits per heavy atom. The van der Waals surface area contributed by atoms with Gasteiger partial charge in [-0.2, -0.15) is 10.2 Å². The summed E-state index contributed by atoms with van der Waals surface area (Å²) in [4.78, 5) is 23.9. The van der Waals surface area contributed by atoms with Gasteiger partial charge in [0.2, 0.25) is 5.91 Å². The van der Waals surface area contributed by atoms with Crippen molar-refractivity contribution in [2.75, 3.05) is 5.32 Å². The number of aromatic carboxylic acids is 1. The van der Waals surface area contributed by atoms with Crippen LogP contribution in [0, 0.1) is 19.8 Å². The number of carbonyl (C=O) groups excluding carboxylic acids is 1. The van der Waals surface area contributed by atoms with E-state index in [4.69, 9.17) is 5.11 Å². The molecule has 0 saturated heterocycles. The van der Waals surface area contributed by atoms with Crippen molar-refractivity contribution in [1.29, 1.82) is 0 Å². The Balaban J connectivity index is 1.79. The van der Waals surface area contributed by atoms with E-state index in [0.29, 0.717) is 17.8 Å². The molecule has 1 unspecified atom stereocenters. The number of benzene rings is 1. The van der Waals surface area contributed by atoms with E-state index in [1.165, 1.54) is 10.7 Å². The van der Waals surface area contributed by atoms with Crippen molar-refractivity contribution in [3.63, 3.8) is 0 Å². The lowest BCUT2D eigenvalue weighted by molar-refractivity contribution is -0.119. The number of aromatic nitrogens is 4. The second-order valence-corrected chi connectivity index (χ2v) is 6.84. The fourth-order valence-corrected chi connectivity index (χ4v) is 3.12. The number of hydrogen-bond acceptors (Lipinski definition) is 4. The normalized spacial score (nSPS) is 12.0. The van der Waals surface area contributed by atoms with Gasteiger partial charge in [-0.1, -0.05) is 19.1 Å². The molecule has 8 heteroatoms. The number of carboxylic acids is 1. The molecule has 28 heavy (non-hydrogen) atoms. The third-order valence-electron chi connectivity index (χ3n) is 4.83. The highest BCUT2D eigenvalue weighted by molar-refractivity contribution is 5.94. The Labute approximate surface area is 162 Å². The highest BCUT2D eigenvalue weighted by atomic mass is 16.4. The number of nitrogens with one attached hydrogen (secondary N) is 1. The number of rotatable bonds is 6. The molecule has 0 aliphatic carbocycles. The molecule has 2 aromatic heterocycles. The molecule has 3 aromatic rings. The van der Waals surface area contributed by atoms with Crippen molar-refractivity contribution in [2.45, 2.75) is 27.2 Å². The third kappa shape index (κ3) is 3.80. The van der Waals surface area contributed by atoms with E-state index in [1.54, 1.807) is 30.5 Å². The summed E-state index contributed by atoms with van der Waals surface area (Å²) in [5.74, 6) is -1.49. The Kier molecular flexibility index (Phi) is 5.30. The number of anilines is 1. The van der Waals surface area contributed by atoms with Gasteiger partial charge in [0.15, 0.2) is 5.69 Å². The average Bonchev–Trinajstić information content (AvgIpc) is 3.23. The van der Waals surface area contributed by atoms with Gasteiger partial charge in [0.1, 0.15) is 0 Å². The zero-order valence-corrected chi connectivity index (χ0v) is 16.3. The average molecular weight is 381 g/mol. The van der Waals surface area contributed by atoms with Crippen molar-refractivity contribution >= 4 is 17.6 Å². The number of carboxylic acid groups (broad SMARTS) is 1. The van der Waals surface area contributed by atoms with Crippen LogP contribution in [-0.2, 0) is 18.3 Å². The first kappa shape index (κ1) is 19.3. The highest BCUT2D eigenvalue weighted by Crippen LogP contribution is 2.22. The molecule has 0 bridgehead atoms. The largest absolute Gasteiger partial charge is 0.476 e. The van der Waals surface area contributed by atoms with E-state index in [9.17, 15) is 9.59 Å². The predicted octanol–water partition coefficient (Wildman–Crippen LogP) is 2.74. The third-order valence-corrected chi connectivity index (χ3v) is 4.83. The Morgan fingerprint density at radius 1 is 1.18 bits per heavy atom. The topological polar surface area (TPSA) is 102 Å². The molecule has 0 fully saturated rings. The first-order valence-corrected chi connectivity index (χ1v) is 8.96. The molecular weight excluding hydrogens is 358 g/mol. The minimum absolute atomic E-state index is 0.0583. The fourth-order valence-electron chi connectivity index (χ4n) is 3.12. The first-order chi connectivity index (χ1) is 13.3. The maximum absolute atomic E-state index is 12.8. The fraction of sp³-hybridized carbons (Fsp3) is 0.300. The molecule has 0 aliphatic heterocycles. The summed E-state index contributed by atoms with van der Waals surface area (Å²) >= 11 is 0. The van der Waals surface area contributed by atoms with Crippen LogP contribution in [0.15, 0.2) is 36.5 Å². The highest BCUT2D eigenvalue weighted by Gasteiger charge is 2.20. The van der Waals surface area contributed by atoms with Gasteiger partial charge in [-0.05, 0) is 44.0 Å². The van der Waals surface area contributed by atoms with Crippen molar-refractivity contribution in [3.8, 4) is 5.69 Å². The van der Waals surface area contributed by atoms with Crippen molar-refractivity contribution in [1.82, 2.24) is 19.6 Å². The van der Waals surface area contributed by atoms with Crippen LogP contribution in [0.1, 0.15) is 34.4 Å². The number of amides is 1. The Hall–Kier alpha value is -3.42. The van der Waals surface area contributed by atoms with E-state index in [1.807, 2.05) is 32.5 Å². The van der Waals surface area contributed by atoms with Crippen LogP contribution in [-0.4, -0.2) is 36.5 Å². The molecule has 2 N–H and O–H groups in total. The molecule has 2 heterocycles. The lowest BCUT2D eigenvalue weighted by Crippen LogP contribution is -2.23. The molecule has 146 valence electrons. The predicted molar refractivity (Wildman–Crippen MR) is 105 cm³/mol. The van der Waals surface area contributed by atoms with Crippen molar-refractivity contribution in [2.24, 2.45) is 13.0 Å². The minimum atomic E-state index is -1.10. The molecule has 0 aliphatic rings. The smallest absolute Gasteiger partial charge is 0.356 e. The molecule has 8 nitrogen and oxygen atoms in total. The maximum Gasteiger partial charge on any atom is 0.356 e. The van der Waals surface area contributed by atoms with Gasteiger partial charge in [-0.3, -0.25) is 9.48 Å².